The van der Waals surface area contributed by atoms with Crippen LogP contribution in [0.5, 0.6) is 0 Å². The highest BCUT2D eigenvalue weighted by Crippen LogP contribution is 2.25. The third-order valence-corrected chi connectivity index (χ3v) is 3.76. The maximum absolute atomic E-state index is 6.12. The fourth-order valence-corrected chi connectivity index (χ4v) is 2.63. The average Bonchev–Trinajstić information content (AvgIpc) is 2.53. The smallest absolute Gasteiger partial charge is 0.135 e. The van der Waals surface area contributed by atoms with Crippen LogP contribution in [0.25, 0.3) is 0 Å². The zero-order valence-electron chi connectivity index (χ0n) is 11.5. The minimum atomic E-state index is 0.310. The normalized spacial score (nSPS) is 21.2. The molecule has 2 heterocycles. The fourth-order valence-electron chi connectivity index (χ4n) is 2.44. The van der Waals surface area contributed by atoms with E-state index in [1.165, 1.54) is 25.7 Å². The van der Waals surface area contributed by atoms with E-state index in [-0.39, 0.29) is 0 Å². The van der Waals surface area contributed by atoms with Gasteiger partial charge in [-0.3, -0.25) is 0 Å². The van der Waals surface area contributed by atoms with Crippen molar-refractivity contribution in [3.63, 3.8) is 0 Å². The number of anilines is 1. The summed E-state index contributed by atoms with van der Waals surface area (Å²) >= 11 is 6.12. The third-order valence-electron chi connectivity index (χ3n) is 3.56. The lowest BCUT2D eigenvalue weighted by Gasteiger charge is -2.28. The number of hydrogen-bond donors (Lipinski definition) is 0. The first-order valence-electron chi connectivity index (χ1n) is 6.89. The van der Waals surface area contributed by atoms with Gasteiger partial charge in [0.25, 0.3) is 0 Å². The molecule has 4 heteroatoms. The highest BCUT2D eigenvalue weighted by Gasteiger charge is 2.20. The summed E-state index contributed by atoms with van der Waals surface area (Å²) < 4.78 is 0. The van der Waals surface area contributed by atoms with Gasteiger partial charge in [0.2, 0.25) is 0 Å². The van der Waals surface area contributed by atoms with Gasteiger partial charge >= 0.3 is 0 Å². The van der Waals surface area contributed by atoms with Gasteiger partial charge in [0.05, 0.1) is 0 Å². The van der Waals surface area contributed by atoms with Gasteiger partial charge in [-0.05, 0) is 19.8 Å². The largest absolute Gasteiger partial charge is 0.354 e. The molecule has 1 aromatic heterocycles. The Bertz CT molecular complexity index is 406. The summed E-state index contributed by atoms with van der Waals surface area (Å²) in [4.78, 5) is 11.4. The molecule has 1 unspecified atom stereocenters. The van der Waals surface area contributed by atoms with Gasteiger partial charge in [0, 0.05) is 24.6 Å². The van der Waals surface area contributed by atoms with Gasteiger partial charge in [-0.25, -0.2) is 9.97 Å². The van der Waals surface area contributed by atoms with Crippen LogP contribution in [0.3, 0.4) is 0 Å². The quantitative estimate of drug-likeness (QED) is 0.758. The zero-order valence-corrected chi connectivity index (χ0v) is 12.2. The van der Waals surface area contributed by atoms with Crippen molar-refractivity contribution in [1.82, 2.24) is 9.97 Å². The second-order valence-electron chi connectivity index (χ2n) is 5.45. The van der Waals surface area contributed by atoms with Crippen LogP contribution < -0.4 is 4.90 Å². The van der Waals surface area contributed by atoms with Crippen LogP contribution >= 0.6 is 11.6 Å². The number of hydrogen-bond acceptors (Lipinski definition) is 3. The van der Waals surface area contributed by atoms with Crippen LogP contribution in [0.4, 0.5) is 5.82 Å². The van der Waals surface area contributed by atoms with Crippen LogP contribution in [-0.2, 0) is 0 Å². The molecule has 0 radical (unpaired) electrons. The van der Waals surface area contributed by atoms with Gasteiger partial charge in [-0.1, -0.05) is 38.3 Å². The summed E-state index contributed by atoms with van der Waals surface area (Å²) in [5.74, 6) is 2.15. The van der Waals surface area contributed by atoms with Crippen LogP contribution in [-0.4, -0.2) is 22.6 Å². The van der Waals surface area contributed by atoms with Crippen LogP contribution in [0.2, 0.25) is 5.15 Å². The van der Waals surface area contributed by atoms with E-state index in [4.69, 9.17) is 11.6 Å². The Morgan fingerprint density at radius 1 is 1.28 bits per heavy atom. The Balaban J connectivity index is 2.30. The van der Waals surface area contributed by atoms with Crippen LogP contribution in [0.15, 0.2) is 6.07 Å². The van der Waals surface area contributed by atoms with E-state index in [9.17, 15) is 0 Å². The molecule has 0 amide bonds. The lowest BCUT2D eigenvalue weighted by Crippen LogP contribution is -2.33. The SMILES string of the molecule is CC(C)c1nc(Cl)cc(N2CCCCCC2C)n1. The first-order valence-corrected chi connectivity index (χ1v) is 7.27. The third kappa shape index (κ3) is 3.14. The number of nitrogens with zero attached hydrogens (tertiary/aromatic N) is 3. The molecule has 1 aromatic rings. The second-order valence-corrected chi connectivity index (χ2v) is 5.84. The summed E-state index contributed by atoms with van der Waals surface area (Å²) in [6.45, 7) is 7.55. The molecule has 0 aromatic carbocycles. The molecule has 0 aliphatic carbocycles. The first kappa shape index (κ1) is 13.6. The summed E-state index contributed by atoms with van der Waals surface area (Å²) in [7, 11) is 0. The molecule has 3 nitrogen and oxygen atoms in total. The van der Waals surface area contributed by atoms with Crippen molar-refractivity contribution >= 4 is 17.4 Å². The van der Waals surface area contributed by atoms with Gasteiger partial charge in [-0.15, -0.1) is 0 Å². The monoisotopic (exact) mass is 267 g/mol. The predicted octanol–water partition coefficient (Wildman–Crippen LogP) is 4.02. The summed E-state index contributed by atoms with van der Waals surface area (Å²) in [5.41, 5.74) is 0. The minimum Gasteiger partial charge on any atom is -0.354 e. The van der Waals surface area contributed by atoms with Gasteiger partial charge < -0.3 is 4.90 Å². The van der Waals surface area contributed by atoms with E-state index in [2.05, 4.69) is 35.6 Å². The molecule has 1 aliphatic rings. The Labute approximate surface area is 115 Å². The topological polar surface area (TPSA) is 29.0 Å². The Morgan fingerprint density at radius 2 is 2.06 bits per heavy atom. The Morgan fingerprint density at radius 3 is 2.78 bits per heavy atom. The van der Waals surface area contributed by atoms with E-state index >= 15 is 0 Å². The van der Waals surface area contributed by atoms with E-state index in [0.29, 0.717) is 17.1 Å². The predicted molar refractivity (Wildman–Crippen MR) is 76.4 cm³/mol. The standard InChI is InChI=1S/C14H22ClN3/c1-10(2)14-16-12(15)9-13(17-14)18-8-6-4-5-7-11(18)3/h9-11H,4-8H2,1-3H3. The Kier molecular flexibility index (Phi) is 4.44. The molecule has 1 saturated heterocycles. The fraction of sp³-hybridized carbons (Fsp3) is 0.714. The van der Waals surface area contributed by atoms with Crippen molar-refractivity contribution < 1.29 is 0 Å². The second kappa shape index (κ2) is 5.87. The highest BCUT2D eigenvalue weighted by molar-refractivity contribution is 6.29. The molecule has 18 heavy (non-hydrogen) atoms. The number of rotatable bonds is 2. The van der Waals surface area contributed by atoms with Gasteiger partial charge in [0.1, 0.15) is 16.8 Å². The molecule has 1 fully saturated rings. The highest BCUT2D eigenvalue weighted by atomic mass is 35.5. The van der Waals surface area contributed by atoms with Gasteiger partial charge in [-0.2, -0.15) is 0 Å². The lowest BCUT2D eigenvalue weighted by atomic mass is 10.1. The number of halogens is 1. The van der Waals surface area contributed by atoms with Crippen molar-refractivity contribution in [3.8, 4) is 0 Å². The molecule has 0 spiro atoms. The van der Waals surface area contributed by atoms with Gasteiger partial charge in [0.15, 0.2) is 0 Å². The summed E-state index contributed by atoms with van der Waals surface area (Å²) in [5, 5.41) is 0.556. The molecular weight excluding hydrogens is 246 g/mol. The molecule has 0 N–H and O–H groups in total. The molecule has 0 saturated carbocycles. The molecule has 100 valence electrons. The minimum absolute atomic E-state index is 0.310. The summed E-state index contributed by atoms with van der Waals surface area (Å²) in [6.07, 6.45) is 5.10. The van der Waals surface area contributed by atoms with E-state index in [0.717, 1.165) is 18.2 Å². The van der Waals surface area contributed by atoms with Crippen LogP contribution in [0, 0.1) is 0 Å². The van der Waals surface area contributed by atoms with Crippen LogP contribution in [0.1, 0.15) is 58.2 Å². The van der Waals surface area contributed by atoms with Crippen molar-refractivity contribution in [2.75, 3.05) is 11.4 Å². The van der Waals surface area contributed by atoms with Crippen molar-refractivity contribution in [1.29, 1.82) is 0 Å². The molecule has 2 rings (SSSR count). The van der Waals surface area contributed by atoms with Crippen molar-refractivity contribution in [2.45, 2.75) is 58.4 Å². The van der Waals surface area contributed by atoms with Crippen molar-refractivity contribution in [2.24, 2.45) is 0 Å². The first-order chi connectivity index (χ1) is 8.58. The number of aromatic nitrogens is 2. The zero-order chi connectivity index (χ0) is 13.1. The van der Waals surface area contributed by atoms with Crippen molar-refractivity contribution in [3.05, 3.63) is 17.0 Å². The molecule has 1 atom stereocenters. The summed E-state index contributed by atoms with van der Waals surface area (Å²) in [6, 6.07) is 2.44. The van der Waals surface area contributed by atoms with E-state index < -0.39 is 0 Å². The molecule has 0 bridgehead atoms. The maximum atomic E-state index is 6.12. The Hall–Kier alpha value is -0.830. The lowest BCUT2D eigenvalue weighted by molar-refractivity contribution is 0.607. The van der Waals surface area contributed by atoms with E-state index in [1.54, 1.807) is 0 Å². The van der Waals surface area contributed by atoms with E-state index in [1.807, 2.05) is 6.07 Å². The average molecular weight is 268 g/mol. The molecule has 1 aliphatic heterocycles. The maximum Gasteiger partial charge on any atom is 0.135 e. The molecular formula is C14H22ClN3.